The fourth-order valence-corrected chi connectivity index (χ4v) is 3.69. The van der Waals surface area contributed by atoms with Gasteiger partial charge in [0, 0.05) is 25.3 Å². The molecule has 2 aromatic rings. The summed E-state index contributed by atoms with van der Waals surface area (Å²) in [5, 5.41) is 2.96. The lowest BCUT2D eigenvalue weighted by Crippen LogP contribution is -2.49. The molecule has 0 saturated carbocycles. The number of aryl methyl sites for hydroxylation is 1. The van der Waals surface area contributed by atoms with E-state index >= 15 is 0 Å². The molecule has 6 heteroatoms. The van der Waals surface area contributed by atoms with Crippen LogP contribution in [0.15, 0.2) is 48.5 Å². The summed E-state index contributed by atoms with van der Waals surface area (Å²) in [5.74, 6) is 0.324. The Morgan fingerprint density at radius 3 is 2.70 bits per heavy atom. The number of carbonyl (C=O) groups is 2. The third-order valence-electron chi connectivity index (χ3n) is 5.31. The van der Waals surface area contributed by atoms with Crippen LogP contribution in [0.4, 0.5) is 11.4 Å². The number of ether oxygens (including phenoxy) is 1. The van der Waals surface area contributed by atoms with E-state index in [2.05, 4.69) is 48.3 Å². The molecule has 2 amide bonds. The fourth-order valence-electron chi connectivity index (χ4n) is 3.69. The van der Waals surface area contributed by atoms with E-state index in [4.69, 9.17) is 4.74 Å². The van der Waals surface area contributed by atoms with Crippen LogP contribution in [-0.2, 0) is 9.59 Å². The lowest BCUT2D eigenvalue weighted by atomic mass is 10.1. The van der Waals surface area contributed by atoms with Crippen LogP contribution in [0.5, 0.6) is 5.75 Å². The first-order valence-electron chi connectivity index (χ1n) is 10.7. The van der Waals surface area contributed by atoms with E-state index in [9.17, 15) is 9.59 Å². The molecule has 1 atom stereocenters. The maximum absolute atomic E-state index is 12.7. The van der Waals surface area contributed by atoms with E-state index < -0.39 is 6.10 Å². The number of hydrogen-bond acceptors (Lipinski definition) is 4. The highest BCUT2D eigenvalue weighted by molar-refractivity contribution is 6.03. The summed E-state index contributed by atoms with van der Waals surface area (Å²) in [4.78, 5) is 29.1. The monoisotopic (exact) mass is 409 g/mol. The van der Waals surface area contributed by atoms with Gasteiger partial charge in [0.05, 0.1) is 5.69 Å². The van der Waals surface area contributed by atoms with E-state index in [1.165, 1.54) is 16.2 Å². The number of rotatable bonds is 9. The topological polar surface area (TPSA) is 61.9 Å². The first-order chi connectivity index (χ1) is 14.5. The van der Waals surface area contributed by atoms with Gasteiger partial charge in [-0.25, -0.2) is 0 Å². The summed E-state index contributed by atoms with van der Waals surface area (Å²) in [5.41, 5.74) is 3.09. The van der Waals surface area contributed by atoms with E-state index in [1.54, 1.807) is 0 Å². The Morgan fingerprint density at radius 1 is 1.17 bits per heavy atom. The lowest BCUT2D eigenvalue weighted by Gasteiger charge is -2.33. The van der Waals surface area contributed by atoms with Crippen LogP contribution in [0.3, 0.4) is 0 Å². The molecule has 0 fully saturated rings. The summed E-state index contributed by atoms with van der Waals surface area (Å²) in [7, 11) is 0. The highest BCUT2D eigenvalue weighted by Gasteiger charge is 2.34. The second-order valence-corrected chi connectivity index (χ2v) is 7.53. The minimum atomic E-state index is -0.542. The third kappa shape index (κ3) is 5.12. The van der Waals surface area contributed by atoms with Crippen molar-refractivity contribution in [2.75, 3.05) is 36.0 Å². The van der Waals surface area contributed by atoms with E-state index in [-0.39, 0.29) is 18.4 Å². The number of hydrogen-bond donors (Lipinski definition) is 1. The molecular formula is C24H31N3O3. The number of benzene rings is 2. The standard InChI is InChI=1S/C24H31N3O3/c1-4-21-24(29)27(20-12-6-7-13-22(20)30-21)17-23(28)25-14-9-15-26(5-2)19-11-8-10-18(3)16-19/h6-8,10-13,16,21H,4-5,9,14-15,17H2,1-3H3,(H,25,28). The Morgan fingerprint density at radius 2 is 1.97 bits per heavy atom. The second-order valence-electron chi connectivity index (χ2n) is 7.53. The lowest BCUT2D eigenvalue weighted by molar-refractivity contribution is -0.129. The molecule has 6 nitrogen and oxygen atoms in total. The zero-order valence-electron chi connectivity index (χ0n) is 18.1. The minimum absolute atomic E-state index is 0.00504. The molecule has 0 saturated heterocycles. The van der Waals surface area contributed by atoms with Crippen LogP contribution in [0.2, 0.25) is 0 Å². The number of carbonyl (C=O) groups excluding carboxylic acids is 2. The van der Waals surface area contributed by atoms with Gasteiger partial charge in [0.2, 0.25) is 5.91 Å². The van der Waals surface area contributed by atoms with Gasteiger partial charge in [-0.1, -0.05) is 31.2 Å². The Bertz CT molecular complexity index is 884. The molecule has 1 aliphatic rings. The van der Waals surface area contributed by atoms with Gasteiger partial charge in [0.25, 0.3) is 5.91 Å². The smallest absolute Gasteiger partial charge is 0.268 e. The van der Waals surface area contributed by atoms with Crippen LogP contribution in [-0.4, -0.2) is 44.1 Å². The number of nitrogens with one attached hydrogen (secondary N) is 1. The van der Waals surface area contributed by atoms with Gasteiger partial charge in [0.15, 0.2) is 6.10 Å². The normalized spacial score (nSPS) is 15.4. The van der Waals surface area contributed by atoms with E-state index in [0.717, 1.165) is 19.5 Å². The largest absolute Gasteiger partial charge is 0.478 e. The fraction of sp³-hybridized carbons (Fsp3) is 0.417. The Kier molecular flexibility index (Phi) is 7.33. The molecule has 1 N–H and O–H groups in total. The van der Waals surface area contributed by atoms with Crippen LogP contribution in [0.1, 0.15) is 32.3 Å². The maximum Gasteiger partial charge on any atom is 0.268 e. The number of para-hydroxylation sites is 2. The predicted molar refractivity (Wildman–Crippen MR) is 120 cm³/mol. The quantitative estimate of drug-likeness (QED) is 0.644. The number of fused-ring (bicyclic) bond motifs is 1. The maximum atomic E-state index is 12.7. The summed E-state index contributed by atoms with van der Waals surface area (Å²) in [6.45, 7) is 8.47. The zero-order chi connectivity index (χ0) is 21.5. The Labute approximate surface area is 178 Å². The molecule has 0 radical (unpaired) electrons. The average Bonchev–Trinajstić information content (AvgIpc) is 2.75. The van der Waals surface area contributed by atoms with E-state index in [1.807, 2.05) is 31.2 Å². The average molecular weight is 410 g/mol. The molecule has 1 unspecified atom stereocenters. The zero-order valence-corrected chi connectivity index (χ0v) is 18.1. The molecule has 0 spiro atoms. The summed E-state index contributed by atoms with van der Waals surface area (Å²) in [6.07, 6.45) is 0.857. The Hall–Kier alpha value is -3.02. The van der Waals surface area contributed by atoms with Crippen molar-refractivity contribution < 1.29 is 14.3 Å². The van der Waals surface area contributed by atoms with Gasteiger partial charge in [-0.05, 0) is 56.5 Å². The van der Waals surface area contributed by atoms with Gasteiger partial charge < -0.3 is 15.0 Å². The molecule has 3 rings (SSSR count). The summed E-state index contributed by atoms with van der Waals surface area (Å²) >= 11 is 0. The molecule has 1 heterocycles. The van der Waals surface area contributed by atoms with Crippen molar-refractivity contribution in [2.24, 2.45) is 0 Å². The molecular weight excluding hydrogens is 378 g/mol. The summed E-state index contributed by atoms with van der Waals surface area (Å²) < 4.78 is 5.76. The molecule has 1 aliphatic heterocycles. The third-order valence-corrected chi connectivity index (χ3v) is 5.31. The number of amides is 2. The van der Waals surface area contributed by atoms with Crippen LogP contribution < -0.4 is 19.9 Å². The molecule has 0 aromatic heterocycles. The molecule has 0 aliphatic carbocycles. The van der Waals surface area contributed by atoms with Crippen LogP contribution >= 0.6 is 0 Å². The predicted octanol–water partition coefficient (Wildman–Crippen LogP) is 3.53. The highest BCUT2D eigenvalue weighted by atomic mass is 16.5. The van der Waals surface area contributed by atoms with Crippen LogP contribution in [0, 0.1) is 6.92 Å². The minimum Gasteiger partial charge on any atom is -0.478 e. The molecule has 160 valence electrons. The molecule has 30 heavy (non-hydrogen) atoms. The number of nitrogens with zero attached hydrogens (tertiary/aromatic N) is 2. The SMILES string of the molecule is CCC1Oc2ccccc2N(CC(=O)NCCCN(CC)c2cccc(C)c2)C1=O. The van der Waals surface area contributed by atoms with Crippen molar-refractivity contribution in [3.63, 3.8) is 0 Å². The Balaban J connectivity index is 1.52. The first-order valence-corrected chi connectivity index (χ1v) is 10.7. The van der Waals surface area contributed by atoms with Gasteiger partial charge >= 0.3 is 0 Å². The van der Waals surface area contributed by atoms with Crippen molar-refractivity contribution in [2.45, 2.75) is 39.7 Å². The van der Waals surface area contributed by atoms with Crippen molar-refractivity contribution in [1.29, 1.82) is 0 Å². The van der Waals surface area contributed by atoms with Crippen LogP contribution in [0.25, 0.3) is 0 Å². The summed E-state index contributed by atoms with van der Waals surface area (Å²) in [6, 6.07) is 15.8. The van der Waals surface area contributed by atoms with Crippen molar-refractivity contribution >= 4 is 23.2 Å². The highest BCUT2D eigenvalue weighted by Crippen LogP contribution is 2.34. The second kappa shape index (κ2) is 10.1. The molecule has 0 bridgehead atoms. The first kappa shape index (κ1) is 21.7. The van der Waals surface area contributed by atoms with Gasteiger partial charge in [-0.3, -0.25) is 14.5 Å². The van der Waals surface area contributed by atoms with Crippen molar-refractivity contribution in [3.8, 4) is 5.75 Å². The number of anilines is 2. The van der Waals surface area contributed by atoms with Crippen molar-refractivity contribution in [3.05, 3.63) is 54.1 Å². The van der Waals surface area contributed by atoms with E-state index in [0.29, 0.717) is 24.4 Å². The molecule has 2 aromatic carbocycles. The van der Waals surface area contributed by atoms with Gasteiger partial charge in [-0.15, -0.1) is 0 Å². The van der Waals surface area contributed by atoms with Gasteiger partial charge in [-0.2, -0.15) is 0 Å². The van der Waals surface area contributed by atoms with Gasteiger partial charge in [0.1, 0.15) is 12.3 Å². The van der Waals surface area contributed by atoms with Crippen molar-refractivity contribution in [1.82, 2.24) is 5.32 Å².